The van der Waals surface area contributed by atoms with E-state index in [1.54, 1.807) is 18.2 Å². The van der Waals surface area contributed by atoms with Gasteiger partial charge in [0.05, 0.1) is 11.0 Å². The standard InChI is InChI=1S/C20H18N4O3/c1-3-12-5-7-13(8-6-12)19-22-17(23-27-19)14-9-10-16-15(11-14)21-18(25)20(26)24(16)4-2/h5-11H,3-4H2,1-2H3,(H,21,25). The molecule has 0 amide bonds. The summed E-state index contributed by atoms with van der Waals surface area (Å²) >= 11 is 0. The highest BCUT2D eigenvalue weighted by Gasteiger charge is 2.13. The summed E-state index contributed by atoms with van der Waals surface area (Å²) in [5, 5.41) is 4.05. The summed E-state index contributed by atoms with van der Waals surface area (Å²) in [7, 11) is 0. The molecular formula is C20H18N4O3. The lowest BCUT2D eigenvalue weighted by Crippen LogP contribution is -2.35. The average Bonchev–Trinajstić information content (AvgIpc) is 3.19. The van der Waals surface area contributed by atoms with E-state index in [-0.39, 0.29) is 0 Å². The molecule has 0 aliphatic heterocycles. The fraction of sp³-hybridized carbons (Fsp3) is 0.200. The molecular weight excluding hydrogens is 344 g/mol. The van der Waals surface area contributed by atoms with E-state index in [0.29, 0.717) is 34.9 Å². The third-order valence-corrected chi connectivity index (χ3v) is 4.58. The van der Waals surface area contributed by atoms with E-state index in [1.807, 2.05) is 31.2 Å². The monoisotopic (exact) mass is 362 g/mol. The molecule has 0 atom stereocenters. The first-order chi connectivity index (χ1) is 13.1. The number of nitrogens with zero attached hydrogens (tertiary/aromatic N) is 3. The molecule has 0 saturated heterocycles. The molecule has 0 aliphatic rings. The number of nitrogens with one attached hydrogen (secondary N) is 1. The molecule has 4 rings (SSSR count). The Kier molecular flexibility index (Phi) is 4.19. The molecule has 0 radical (unpaired) electrons. The minimum Gasteiger partial charge on any atom is -0.334 e. The molecule has 1 N–H and O–H groups in total. The Morgan fingerprint density at radius 2 is 1.78 bits per heavy atom. The van der Waals surface area contributed by atoms with E-state index in [9.17, 15) is 9.59 Å². The van der Waals surface area contributed by atoms with Gasteiger partial charge in [0, 0.05) is 17.7 Å². The largest absolute Gasteiger partial charge is 0.334 e. The van der Waals surface area contributed by atoms with Gasteiger partial charge in [0.2, 0.25) is 5.82 Å². The van der Waals surface area contributed by atoms with Gasteiger partial charge >= 0.3 is 11.1 Å². The molecule has 0 spiro atoms. The zero-order valence-electron chi connectivity index (χ0n) is 15.0. The molecule has 7 nitrogen and oxygen atoms in total. The van der Waals surface area contributed by atoms with E-state index in [4.69, 9.17) is 4.52 Å². The summed E-state index contributed by atoms with van der Waals surface area (Å²) in [5.41, 5.74) is 2.78. The van der Waals surface area contributed by atoms with Crippen LogP contribution < -0.4 is 11.1 Å². The van der Waals surface area contributed by atoms with E-state index < -0.39 is 11.1 Å². The number of aromatic amines is 1. The quantitative estimate of drug-likeness (QED) is 0.563. The maximum Gasteiger partial charge on any atom is 0.316 e. The van der Waals surface area contributed by atoms with E-state index in [2.05, 4.69) is 22.0 Å². The first kappa shape index (κ1) is 17.0. The van der Waals surface area contributed by atoms with Crippen molar-refractivity contribution in [2.24, 2.45) is 0 Å². The molecule has 0 saturated carbocycles. The Balaban J connectivity index is 1.76. The molecule has 0 unspecified atom stereocenters. The predicted molar refractivity (Wildman–Crippen MR) is 103 cm³/mol. The fourth-order valence-corrected chi connectivity index (χ4v) is 3.07. The molecule has 2 heterocycles. The molecule has 7 heteroatoms. The van der Waals surface area contributed by atoms with Gasteiger partial charge in [-0.05, 0) is 49.2 Å². The minimum absolute atomic E-state index is 0.415. The lowest BCUT2D eigenvalue weighted by Gasteiger charge is -2.07. The van der Waals surface area contributed by atoms with Crippen molar-refractivity contribution in [3.63, 3.8) is 0 Å². The van der Waals surface area contributed by atoms with Gasteiger partial charge in [0.15, 0.2) is 0 Å². The van der Waals surface area contributed by atoms with E-state index in [1.165, 1.54) is 10.1 Å². The minimum atomic E-state index is -0.647. The van der Waals surface area contributed by atoms with Gasteiger partial charge in [-0.1, -0.05) is 24.2 Å². The van der Waals surface area contributed by atoms with E-state index >= 15 is 0 Å². The molecule has 2 aromatic carbocycles. The highest BCUT2D eigenvalue weighted by atomic mass is 16.5. The van der Waals surface area contributed by atoms with Gasteiger partial charge in [-0.15, -0.1) is 0 Å². The van der Waals surface area contributed by atoms with Crippen molar-refractivity contribution >= 4 is 11.0 Å². The van der Waals surface area contributed by atoms with Crippen LogP contribution in [0.25, 0.3) is 33.9 Å². The lowest BCUT2D eigenvalue weighted by atomic mass is 10.1. The molecule has 27 heavy (non-hydrogen) atoms. The maximum absolute atomic E-state index is 12.0. The summed E-state index contributed by atoms with van der Waals surface area (Å²) in [6.07, 6.45) is 0.966. The molecule has 0 fully saturated rings. The smallest absolute Gasteiger partial charge is 0.316 e. The van der Waals surface area contributed by atoms with Crippen molar-refractivity contribution < 1.29 is 4.52 Å². The first-order valence-corrected chi connectivity index (χ1v) is 8.81. The lowest BCUT2D eigenvalue weighted by molar-refractivity contribution is 0.432. The van der Waals surface area contributed by atoms with Crippen LogP contribution in [0.1, 0.15) is 19.4 Å². The summed E-state index contributed by atoms with van der Waals surface area (Å²) in [6.45, 7) is 4.34. The van der Waals surface area contributed by atoms with Crippen LogP contribution in [0.2, 0.25) is 0 Å². The van der Waals surface area contributed by atoms with E-state index in [0.717, 1.165) is 12.0 Å². The third-order valence-electron chi connectivity index (χ3n) is 4.58. The van der Waals surface area contributed by atoms with Gasteiger partial charge in [-0.25, -0.2) is 0 Å². The summed E-state index contributed by atoms with van der Waals surface area (Å²) in [6, 6.07) is 13.3. The zero-order chi connectivity index (χ0) is 19.0. The molecule has 0 aliphatic carbocycles. The molecule has 0 bridgehead atoms. The van der Waals surface area contributed by atoms with Crippen molar-refractivity contribution in [2.45, 2.75) is 26.8 Å². The highest BCUT2D eigenvalue weighted by Crippen LogP contribution is 2.24. The molecule has 2 aromatic heterocycles. The number of benzene rings is 2. The second-order valence-electron chi connectivity index (χ2n) is 6.21. The highest BCUT2D eigenvalue weighted by molar-refractivity contribution is 5.80. The van der Waals surface area contributed by atoms with Crippen LogP contribution in [0, 0.1) is 0 Å². The van der Waals surface area contributed by atoms with Crippen LogP contribution in [0.3, 0.4) is 0 Å². The van der Waals surface area contributed by atoms with Gasteiger partial charge in [0.1, 0.15) is 0 Å². The summed E-state index contributed by atoms with van der Waals surface area (Å²) in [5.74, 6) is 0.848. The van der Waals surface area contributed by atoms with Crippen LogP contribution in [0.5, 0.6) is 0 Å². The Hall–Kier alpha value is -3.48. The van der Waals surface area contributed by atoms with Gasteiger partial charge < -0.3 is 14.1 Å². The Morgan fingerprint density at radius 1 is 1.04 bits per heavy atom. The number of H-pyrrole nitrogens is 1. The van der Waals surface area contributed by atoms with Crippen LogP contribution in [-0.2, 0) is 13.0 Å². The van der Waals surface area contributed by atoms with Crippen molar-refractivity contribution in [3.8, 4) is 22.8 Å². The van der Waals surface area contributed by atoms with Gasteiger partial charge in [-0.3, -0.25) is 9.59 Å². The fourth-order valence-electron chi connectivity index (χ4n) is 3.07. The van der Waals surface area contributed by atoms with Crippen LogP contribution in [0.4, 0.5) is 0 Å². The summed E-state index contributed by atoms with van der Waals surface area (Å²) in [4.78, 5) is 30.9. The summed E-state index contributed by atoms with van der Waals surface area (Å²) < 4.78 is 6.83. The Labute approximate surface area is 154 Å². The Bertz CT molecular complexity index is 1230. The van der Waals surface area contributed by atoms with Crippen LogP contribution in [0.15, 0.2) is 56.6 Å². The van der Waals surface area contributed by atoms with Gasteiger partial charge in [-0.2, -0.15) is 4.98 Å². The van der Waals surface area contributed by atoms with Crippen molar-refractivity contribution in [1.82, 2.24) is 19.7 Å². The topological polar surface area (TPSA) is 93.8 Å². The second-order valence-corrected chi connectivity index (χ2v) is 6.21. The number of aryl methyl sites for hydroxylation is 2. The molecule has 4 aromatic rings. The van der Waals surface area contributed by atoms with Crippen molar-refractivity contribution in [1.29, 1.82) is 0 Å². The number of rotatable bonds is 4. The predicted octanol–water partition coefficient (Wildman–Crippen LogP) is 2.99. The van der Waals surface area contributed by atoms with Crippen LogP contribution in [-0.4, -0.2) is 19.7 Å². The van der Waals surface area contributed by atoms with Crippen molar-refractivity contribution in [2.75, 3.05) is 0 Å². The van der Waals surface area contributed by atoms with Gasteiger partial charge in [0.25, 0.3) is 5.89 Å². The number of fused-ring (bicyclic) bond motifs is 1. The number of hydrogen-bond acceptors (Lipinski definition) is 5. The zero-order valence-corrected chi connectivity index (χ0v) is 15.0. The average molecular weight is 362 g/mol. The number of hydrogen-bond donors (Lipinski definition) is 1. The van der Waals surface area contributed by atoms with Crippen LogP contribution >= 0.6 is 0 Å². The molecule has 136 valence electrons. The first-order valence-electron chi connectivity index (χ1n) is 8.81. The third kappa shape index (κ3) is 2.97. The number of aromatic nitrogens is 4. The SMILES string of the molecule is CCc1ccc(-c2nc(-c3ccc4c(c3)[nH]c(=O)c(=O)n4CC)no2)cc1. The Morgan fingerprint density at radius 3 is 2.48 bits per heavy atom. The normalized spacial score (nSPS) is 11.2. The van der Waals surface area contributed by atoms with Crippen molar-refractivity contribution in [3.05, 3.63) is 68.7 Å². The maximum atomic E-state index is 12.0. The second kappa shape index (κ2) is 6.68.